The molecule has 52 valence electrons. The quantitative estimate of drug-likeness (QED) is 0.598. The molecule has 0 aliphatic rings. The standard InChI is InChI=1S/C8H10N2/c1-2-3-6-9-10-7-4-5-8-10/h4-5,7-9H,6H2,1H3. The molecule has 0 saturated heterocycles. The highest BCUT2D eigenvalue weighted by Crippen LogP contribution is 1.83. The zero-order valence-electron chi connectivity index (χ0n) is 5.96. The fraction of sp³-hybridized carbons (Fsp3) is 0.250. The lowest BCUT2D eigenvalue weighted by Gasteiger charge is -2.00. The first-order valence-corrected chi connectivity index (χ1v) is 3.20. The summed E-state index contributed by atoms with van der Waals surface area (Å²) in [4.78, 5) is 0. The minimum absolute atomic E-state index is 0.700. The smallest absolute Gasteiger partial charge is 0.0921 e. The Labute approximate surface area is 60.8 Å². The summed E-state index contributed by atoms with van der Waals surface area (Å²) in [7, 11) is 0. The fourth-order valence-electron chi connectivity index (χ4n) is 0.659. The van der Waals surface area contributed by atoms with Gasteiger partial charge in [0, 0.05) is 12.4 Å². The second kappa shape index (κ2) is 3.62. The minimum Gasteiger partial charge on any atom is -0.314 e. The Morgan fingerprint density at radius 1 is 1.40 bits per heavy atom. The van der Waals surface area contributed by atoms with Gasteiger partial charge in [-0.3, -0.25) is 4.68 Å². The van der Waals surface area contributed by atoms with Crippen molar-refractivity contribution in [1.29, 1.82) is 0 Å². The summed E-state index contributed by atoms with van der Waals surface area (Å²) in [5, 5.41) is 0. The van der Waals surface area contributed by atoms with Crippen molar-refractivity contribution in [3.8, 4) is 11.8 Å². The minimum atomic E-state index is 0.700. The molecular formula is C8H10N2. The molecule has 0 unspecified atom stereocenters. The molecule has 0 aromatic carbocycles. The van der Waals surface area contributed by atoms with Crippen LogP contribution >= 0.6 is 0 Å². The van der Waals surface area contributed by atoms with Crippen molar-refractivity contribution in [3.05, 3.63) is 24.5 Å². The van der Waals surface area contributed by atoms with E-state index in [9.17, 15) is 0 Å². The van der Waals surface area contributed by atoms with E-state index in [0.29, 0.717) is 6.54 Å². The van der Waals surface area contributed by atoms with Gasteiger partial charge in [0.2, 0.25) is 0 Å². The number of hydrogen-bond donors (Lipinski definition) is 1. The van der Waals surface area contributed by atoms with Crippen LogP contribution in [-0.2, 0) is 0 Å². The van der Waals surface area contributed by atoms with Crippen LogP contribution in [0.3, 0.4) is 0 Å². The van der Waals surface area contributed by atoms with Crippen LogP contribution in [0, 0.1) is 11.8 Å². The predicted octanol–water partition coefficient (Wildman–Crippen LogP) is 1.05. The van der Waals surface area contributed by atoms with Crippen LogP contribution < -0.4 is 5.43 Å². The first-order valence-electron chi connectivity index (χ1n) is 3.20. The molecule has 1 aromatic heterocycles. The predicted molar refractivity (Wildman–Crippen MR) is 42.1 cm³/mol. The van der Waals surface area contributed by atoms with Crippen molar-refractivity contribution in [2.45, 2.75) is 6.92 Å². The Morgan fingerprint density at radius 2 is 2.10 bits per heavy atom. The van der Waals surface area contributed by atoms with Crippen molar-refractivity contribution in [1.82, 2.24) is 4.68 Å². The Hall–Kier alpha value is -1.36. The molecular weight excluding hydrogens is 124 g/mol. The van der Waals surface area contributed by atoms with Gasteiger partial charge in [-0.05, 0) is 19.1 Å². The summed E-state index contributed by atoms with van der Waals surface area (Å²) >= 11 is 0. The summed E-state index contributed by atoms with van der Waals surface area (Å²) in [5.41, 5.74) is 3.07. The Kier molecular flexibility index (Phi) is 2.45. The molecule has 1 aromatic rings. The molecule has 0 bridgehead atoms. The van der Waals surface area contributed by atoms with E-state index in [1.807, 2.05) is 36.1 Å². The molecule has 0 spiro atoms. The van der Waals surface area contributed by atoms with Crippen LogP contribution in [0.5, 0.6) is 0 Å². The molecule has 0 amide bonds. The van der Waals surface area contributed by atoms with Crippen LogP contribution in [0.4, 0.5) is 0 Å². The van der Waals surface area contributed by atoms with Crippen molar-refractivity contribution < 1.29 is 0 Å². The normalized spacial score (nSPS) is 8.10. The maximum absolute atomic E-state index is 3.07. The molecule has 0 aliphatic carbocycles. The van der Waals surface area contributed by atoms with E-state index in [1.54, 1.807) is 0 Å². The molecule has 0 saturated carbocycles. The maximum Gasteiger partial charge on any atom is 0.0921 e. The fourth-order valence-corrected chi connectivity index (χ4v) is 0.659. The summed E-state index contributed by atoms with van der Waals surface area (Å²) in [6, 6.07) is 3.93. The van der Waals surface area contributed by atoms with E-state index in [-0.39, 0.29) is 0 Å². The lowest BCUT2D eigenvalue weighted by atomic mass is 10.6. The molecule has 2 heteroatoms. The van der Waals surface area contributed by atoms with E-state index in [2.05, 4.69) is 17.3 Å². The van der Waals surface area contributed by atoms with Gasteiger partial charge in [0.1, 0.15) is 0 Å². The van der Waals surface area contributed by atoms with Crippen LogP contribution in [-0.4, -0.2) is 11.2 Å². The highest BCUT2D eigenvalue weighted by Gasteiger charge is 1.79. The second-order valence-corrected chi connectivity index (χ2v) is 1.85. The molecule has 0 radical (unpaired) electrons. The zero-order valence-corrected chi connectivity index (χ0v) is 5.96. The van der Waals surface area contributed by atoms with Gasteiger partial charge in [0.25, 0.3) is 0 Å². The van der Waals surface area contributed by atoms with Gasteiger partial charge >= 0.3 is 0 Å². The van der Waals surface area contributed by atoms with Gasteiger partial charge in [0.05, 0.1) is 6.54 Å². The summed E-state index contributed by atoms with van der Waals surface area (Å²) in [6.45, 7) is 2.53. The Bertz CT molecular complexity index is 226. The van der Waals surface area contributed by atoms with Gasteiger partial charge in [-0.15, -0.1) is 5.92 Å². The molecule has 1 heterocycles. The molecule has 1 rings (SSSR count). The van der Waals surface area contributed by atoms with Crippen LogP contribution in [0.15, 0.2) is 24.5 Å². The molecule has 2 nitrogen and oxygen atoms in total. The summed E-state index contributed by atoms with van der Waals surface area (Å²) in [6.07, 6.45) is 3.88. The zero-order chi connectivity index (χ0) is 7.23. The van der Waals surface area contributed by atoms with E-state index in [4.69, 9.17) is 0 Å². The van der Waals surface area contributed by atoms with Crippen molar-refractivity contribution >= 4 is 0 Å². The molecule has 0 fully saturated rings. The van der Waals surface area contributed by atoms with Crippen molar-refractivity contribution in [2.75, 3.05) is 12.0 Å². The number of rotatable bonds is 2. The van der Waals surface area contributed by atoms with E-state index >= 15 is 0 Å². The monoisotopic (exact) mass is 134 g/mol. The Morgan fingerprint density at radius 3 is 2.70 bits per heavy atom. The maximum atomic E-state index is 3.07. The van der Waals surface area contributed by atoms with Crippen molar-refractivity contribution in [3.63, 3.8) is 0 Å². The van der Waals surface area contributed by atoms with E-state index in [0.717, 1.165) is 0 Å². The van der Waals surface area contributed by atoms with Gasteiger partial charge in [-0.2, -0.15) is 0 Å². The van der Waals surface area contributed by atoms with Crippen LogP contribution in [0.1, 0.15) is 6.92 Å². The molecule has 10 heavy (non-hydrogen) atoms. The molecule has 1 N–H and O–H groups in total. The SMILES string of the molecule is CC#CCNn1cccc1. The van der Waals surface area contributed by atoms with Crippen LogP contribution in [0.25, 0.3) is 0 Å². The highest BCUT2D eigenvalue weighted by molar-refractivity contribution is 5.03. The lowest BCUT2D eigenvalue weighted by Crippen LogP contribution is -2.11. The average molecular weight is 134 g/mol. The van der Waals surface area contributed by atoms with E-state index < -0.39 is 0 Å². The summed E-state index contributed by atoms with van der Waals surface area (Å²) in [5.74, 6) is 5.71. The van der Waals surface area contributed by atoms with Gasteiger partial charge in [-0.1, -0.05) is 5.92 Å². The topological polar surface area (TPSA) is 17.0 Å². The third-order valence-corrected chi connectivity index (χ3v) is 1.13. The molecule has 0 atom stereocenters. The number of aromatic nitrogens is 1. The second-order valence-electron chi connectivity index (χ2n) is 1.85. The van der Waals surface area contributed by atoms with Gasteiger partial charge < -0.3 is 5.43 Å². The van der Waals surface area contributed by atoms with Crippen LogP contribution in [0.2, 0.25) is 0 Å². The third-order valence-electron chi connectivity index (χ3n) is 1.13. The Balaban J connectivity index is 2.32. The first-order chi connectivity index (χ1) is 4.93. The summed E-state index contributed by atoms with van der Waals surface area (Å²) < 4.78 is 1.88. The average Bonchev–Trinajstić information content (AvgIpc) is 2.41. The third kappa shape index (κ3) is 1.87. The lowest BCUT2D eigenvalue weighted by molar-refractivity contribution is 0.906. The largest absolute Gasteiger partial charge is 0.314 e. The molecule has 0 aliphatic heterocycles. The number of hydrogen-bond acceptors (Lipinski definition) is 1. The number of nitrogens with one attached hydrogen (secondary N) is 1. The van der Waals surface area contributed by atoms with E-state index in [1.165, 1.54) is 0 Å². The first kappa shape index (κ1) is 6.76. The van der Waals surface area contributed by atoms with Gasteiger partial charge in [-0.25, -0.2) is 0 Å². The van der Waals surface area contributed by atoms with Gasteiger partial charge in [0.15, 0.2) is 0 Å². The number of nitrogens with zero attached hydrogens (tertiary/aromatic N) is 1. The highest BCUT2D eigenvalue weighted by atomic mass is 15.4. The van der Waals surface area contributed by atoms with Crippen molar-refractivity contribution in [2.24, 2.45) is 0 Å².